The van der Waals surface area contributed by atoms with Crippen molar-refractivity contribution in [1.29, 1.82) is 0 Å². The van der Waals surface area contributed by atoms with E-state index in [1.54, 1.807) is 10.9 Å². The number of hydrogen-bond donors (Lipinski definition) is 2. The molecule has 0 spiro atoms. The first-order valence-electron chi connectivity index (χ1n) is 10.3. The smallest absolute Gasteiger partial charge is 0.263 e. The third-order valence-corrected chi connectivity index (χ3v) is 5.36. The van der Waals surface area contributed by atoms with Gasteiger partial charge in [-0.05, 0) is 45.0 Å². The molecule has 1 fully saturated rings. The molecule has 8 nitrogen and oxygen atoms in total. The lowest BCUT2D eigenvalue weighted by Crippen LogP contribution is -2.47. The van der Waals surface area contributed by atoms with E-state index in [-0.39, 0.29) is 16.9 Å². The molecule has 0 unspecified atom stereocenters. The second kappa shape index (κ2) is 8.06. The number of nitrogens with one attached hydrogen (secondary N) is 2. The number of aromatic amines is 1. The largest absolute Gasteiger partial charge is 0.369 e. The highest BCUT2D eigenvalue weighted by Gasteiger charge is 2.20. The molecule has 30 heavy (non-hydrogen) atoms. The van der Waals surface area contributed by atoms with Crippen LogP contribution in [0.4, 0.5) is 16.0 Å². The van der Waals surface area contributed by atoms with Gasteiger partial charge in [0.15, 0.2) is 5.65 Å². The third-order valence-electron chi connectivity index (χ3n) is 5.36. The first-order valence-corrected chi connectivity index (χ1v) is 10.3. The van der Waals surface area contributed by atoms with Crippen LogP contribution in [0.2, 0.25) is 0 Å². The number of nitrogens with zero attached hydrogens (tertiary/aromatic N) is 5. The summed E-state index contributed by atoms with van der Waals surface area (Å²) in [6, 6.07) is 6.66. The minimum absolute atomic E-state index is 0.189. The molecule has 1 aromatic carbocycles. The van der Waals surface area contributed by atoms with Crippen LogP contribution in [0.15, 0.2) is 35.3 Å². The monoisotopic (exact) mass is 413 g/mol. The summed E-state index contributed by atoms with van der Waals surface area (Å²) < 4.78 is 14.9. The Hall–Kier alpha value is -2.94. The summed E-state index contributed by atoms with van der Waals surface area (Å²) in [4.78, 5) is 24.4. The quantitative estimate of drug-likeness (QED) is 0.668. The van der Waals surface area contributed by atoms with Crippen LogP contribution < -0.4 is 15.8 Å². The highest BCUT2D eigenvalue weighted by molar-refractivity contribution is 5.74. The van der Waals surface area contributed by atoms with Gasteiger partial charge >= 0.3 is 0 Å². The second-order valence-corrected chi connectivity index (χ2v) is 8.61. The van der Waals surface area contributed by atoms with E-state index in [2.05, 4.69) is 30.2 Å². The molecule has 160 valence electrons. The highest BCUT2D eigenvalue weighted by Crippen LogP contribution is 2.19. The van der Waals surface area contributed by atoms with E-state index in [0.717, 1.165) is 38.4 Å². The summed E-state index contributed by atoms with van der Waals surface area (Å²) in [5.74, 6) is 0.252. The molecule has 3 heterocycles. The number of piperazine rings is 1. The van der Waals surface area contributed by atoms with Gasteiger partial charge in [-0.1, -0.05) is 0 Å². The van der Waals surface area contributed by atoms with E-state index in [1.165, 1.54) is 12.1 Å². The predicted molar refractivity (Wildman–Crippen MR) is 117 cm³/mol. The second-order valence-electron chi connectivity index (χ2n) is 8.61. The number of anilines is 2. The number of benzene rings is 1. The Balaban J connectivity index is 1.33. The van der Waals surface area contributed by atoms with Crippen molar-refractivity contribution in [3.8, 4) is 0 Å². The molecule has 9 heteroatoms. The van der Waals surface area contributed by atoms with Crippen LogP contribution in [0, 0.1) is 5.82 Å². The SMILES string of the molecule is CC(C)(C)n1ncc2c(=O)[nH]c(NCCN3CCN(c4ccc(F)cc4)CC3)nc21. The van der Waals surface area contributed by atoms with Gasteiger partial charge in [0.05, 0.1) is 11.7 Å². The van der Waals surface area contributed by atoms with Crippen LogP contribution in [0.5, 0.6) is 0 Å². The van der Waals surface area contributed by atoms with Crippen LogP contribution in [0.1, 0.15) is 20.8 Å². The Labute approximate surface area is 174 Å². The molecular weight excluding hydrogens is 385 g/mol. The summed E-state index contributed by atoms with van der Waals surface area (Å²) >= 11 is 0. The predicted octanol–water partition coefficient (Wildman–Crippen LogP) is 2.25. The lowest BCUT2D eigenvalue weighted by Gasteiger charge is -2.36. The molecular formula is C21H28FN7O. The molecule has 0 radical (unpaired) electrons. The van der Waals surface area contributed by atoms with Crippen LogP contribution in [-0.2, 0) is 5.54 Å². The molecule has 4 rings (SSSR count). The number of halogens is 1. The lowest BCUT2D eigenvalue weighted by atomic mass is 10.1. The van der Waals surface area contributed by atoms with Crippen LogP contribution >= 0.6 is 0 Å². The zero-order valence-electron chi connectivity index (χ0n) is 17.7. The maximum atomic E-state index is 13.1. The van der Waals surface area contributed by atoms with E-state index in [9.17, 15) is 9.18 Å². The van der Waals surface area contributed by atoms with Crippen molar-refractivity contribution in [1.82, 2.24) is 24.6 Å². The molecule has 0 atom stereocenters. The van der Waals surface area contributed by atoms with Gasteiger partial charge in [-0.25, -0.2) is 9.07 Å². The van der Waals surface area contributed by atoms with E-state index < -0.39 is 0 Å². The van der Waals surface area contributed by atoms with Crippen LogP contribution in [0.3, 0.4) is 0 Å². The molecule has 0 saturated carbocycles. The standard InChI is InChI=1S/C21H28FN7O/c1-21(2,3)29-18-17(14-24-29)19(30)26-20(25-18)23-8-9-27-10-12-28(13-11-27)16-6-4-15(22)5-7-16/h4-7,14H,8-13H2,1-3H3,(H2,23,25,26,30). The Bertz CT molecular complexity index is 1060. The van der Waals surface area contributed by atoms with Crippen molar-refractivity contribution in [3.63, 3.8) is 0 Å². The zero-order chi connectivity index (χ0) is 21.3. The topological polar surface area (TPSA) is 82.1 Å². The van der Waals surface area contributed by atoms with Gasteiger partial charge in [0.1, 0.15) is 11.2 Å². The van der Waals surface area contributed by atoms with Gasteiger partial charge in [-0.2, -0.15) is 10.1 Å². The van der Waals surface area contributed by atoms with E-state index in [1.807, 2.05) is 32.9 Å². The number of rotatable bonds is 5. The lowest BCUT2D eigenvalue weighted by molar-refractivity contribution is 0.267. The third kappa shape index (κ3) is 4.30. The van der Waals surface area contributed by atoms with Gasteiger partial charge in [0, 0.05) is 45.0 Å². The molecule has 0 bridgehead atoms. The number of fused-ring (bicyclic) bond motifs is 1. The van der Waals surface area contributed by atoms with E-state index in [4.69, 9.17) is 0 Å². The Morgan fingerprint density at radius 3 is 2.50 bits per heavy atom. The molecule has 2 N–H and O–H groups in total. The number of aromatic nitrogens is 4. The Morgan fingerprint density at radius 1 is 1.13 bits per heavy atom. The van der Waals surface area contributed by atoms with Crippen molar-refractivity contribution in [2.24, 2.45) is 0 Å². The molecule has 3 aromatic rings. The summed E-state index contributed by atoms with van der Waals surface area (Å²) in [5.41, 5.74) is 1.19. The Morgan fingerprint density at radius 2 is 1.83 bits per heavy atom. The molecule has 2 aromatic heterocycles. The van der Waals surface area contributed by atoms with Gasteiger partial charge in [0.25, 0.3) is 5.56 Å². The first kappa shape index (κ1) is 20.3. The minimum atomic E-state index is -0.260. The average Bonchev–Trinajstić information content (AvgIpc) is 3.14. The average molecular weight is 414 g/mol. The molecule has 1 aliphatic rings. The van der Waals surface area contributed by atoms with Crippen molar-refractivity contribution in [2.45, 2.75) is 26.3 Å². The molecule has 1 saturated heterocycles. The fourth-order valence-corrected chi connectivity index (χ4v) is 3.71. The zero-order valence-corrected chi connectivity index (χ0v) is 17.7. The normalized spacial score (nSPS) is 15.7. The maximum Gasteiger partial charge on any atom is 0.263 e. The minimum Gasteiger partial charge on any atom is -0.369 e. The van der Waals surface area contributed by atoms with Gasteiger partial charge in [-0.3, -0.25) is 14.7 Å². The van der Waals surface area contributed by atoms with Gasteiger partial charge in [0.2, 0.25) is 5.95 Å². The van der Waals surface area contributed by atoms with E-state index in [0.29, 0.717) is 23.5 Å². The fraction of sp³-hybridized carbons (Fsp3) is 0.476. The summed E-state index contributed by atoms with van der Waals surface area (Å²) in [6.45, 7) is 11.3. The number of hydrogen-bond acceptors (Lipinski definition) is 6. The van der Waals surface area contributed by atoms with Crippen molar-refractivity contribution < 1.29 is 4.39 Å². The fourth-order valence-electron chi connectivity index (χ4n) is 3.71. The summed E-state index contributed by atoms with van der Waals surface area (Å²) in [7, 11) is 0. The van der Waals surface area contributed by atoms with Crippen LogP contribution in [-0.4, -0.2) is 63.9 Å². The first-order chi connectivity index (χ1) is 14.3. The van der Waals surface area contributed by atoms with Crippen molar-refractivity contribution in [2.75, 3.05) is 49.5 Å². The van der Waals surface area contributed by atoms with Crippen LogP contribution in [0.25, 0.3) is 11.0 Å². The summed E-state index contributed by atoms with van der Waals surface area (Å²) in [5, 5.41) is 8.06. The maximum absolute atomic E-state index is 13.1. The van der Waals surface area contributed by atoms with Gasteiger partial charge in [-0.15, -0.1) is 0 Å². The van der Waals surface area contributed by atoms with Gasteiger partial charge < -0.3 is 10.2 Å². The van der Waals surface area contributed by atoms with Crippen molar-refractivity contribution >= 4 is 22.7 Å². The molecule has 0 amide bonds. The Kier molecular flexibility index (Phi) is 5.46. The molecule has 0 aliphatic carbocycles. The highest BCUT2D eigenvalue weighted by atomic mass is 19.1. The molecule has 1 aliphatic heterocycles. The van der Waals surface area contributed by atoms with E-state index >= 15 is 0 Å². The van der Waals surface area contributed by atoms with Crippen molar-refractivity contribution in [3.05, 3.63) is 46.6 Å². The number of H-pyrrole nitrogens is 1. The summed E-state index contributed by atoms with van der Waals surface area (Å²) in [6.07, 6.45) is 1.57.